The molecule has 0 radical (unpaired) electrons. The van der Waals surface area contributed by atoms with Crippen LogP contribution in [0.1, 0.15) is 5.56 Å². The molecule has 0 atom stereocenters. The molecule has 0 unspecified atom stereocenters. The van der Waals surface area contributed by atoms with Gasteiger partial charge >= 0.3 is 16.3 Å². The highest BCUT2D eigenvalue weighted by Gasteiger charge is 2.38. The molecule has 0 saturated carbocycles. The molecule has 0 heterocycles. The molecule has 1 aromatic carbocycles. The Kier molecular flexibility index (Phi) is 6.18. The number of nitrogens with zero attached hydrogens (tertiary/aromatic N) is 1. The van der Waals surface area contributed by atoms with Crippen molar-refractivity contribution in [2.75, 3.05) is 26.6 Å². The molecular weight excluding hydrogens is 327 g/mol. The van der Waals surface area contributed by atoms with Crippen molar-refractivity contribution in [3.63, 3.8) is 0 Å². The van der Waals surface area contributed by atoms with E-state index in [-0.39, 0.29) is 12.2 Å². The number of oxime groups is 1. The maximum absolute atomic E-state index is 13.0. The van der Waals surface area contributed by atoms with Crippen LogP contribution in [0.2, 0.25) is 0 Å². The zero-order chi connectivity index (χ0) is 16.8. The highest BCUT2D eigenvalue weighted by atomic mass is 32.2. The van der Waals surface area contributed by atoms with E-state index in [0.29, 0.717) is 5.75 Å². The first-order valence-electron chi connectivity index (χ1n) is 5.89. The van der Waals surface area contributed by atoms with Crippen LogP contribution < -0.4 is 4.74 Å². The number of halogens is 3. The Hall–Kier alpha value is -1.81. The van der Waals surface area contributed by atoms with Crippen LogP contribution in [0.3, 0.4) is 0 Å². The second-order valence-electron chi connectivity index (χ2n) is 4.00. The summed E-state index contributed by atoms with van der Waals surface area (Å²) in [5.74, 6) is -0.264. The van der Waals surface area contributed by atoms with Crippen molar-refractivity contribution in [2.24, 2.45) is 5.16 Å². The van der Waals surface area contributed by atoms with Gasteiger partial charge in [-0.15, -0.1) is 0 Å². The first-order valence-corrected chi connectivity index (χ1v) is 7.47. The molecule has 0 spiro atoms. The first kappa shape index (κ1) is 18.2. The van der Waals surface area contributed by atoms with Crippen LogP contribution in [0.15, 0.2) is 29.4 Å². The minimum absolute atomic E-state index is 0.220. The van der Waals surface area contributed by atoms with Gasteiger partial charge in [-0.25, -0.2) is 0 Å². The van der Waals surface area contributed by atoms with Crippen LogP contribution in [-0.4, -0.2) is 46.9 Å². The monoisotopic (exact) mass is 341 g/mol. The summed E-state index contributed by atoms with van der Waals surface area (Å²) in [6.45, 7) is -0.220. The van der Waals surface area contributed by atoms with Gasteiger partial charge in [-0.2, -0.15) is 21.6 Å². The van der Waals surface area contributed by atoms with Gasteiger partial charge in [0.25, 0.3) is 0 Å². The van der Waals surface area contributed by atoms with Crippen LogP contribution in [0.25, 0.3) is 0 Å². The fourth-order valence-corrected chi connectivity index (χ4v) is 1.97. The van der Waals surface area contributed by atoms with Crippen LogP contribution in [0.4, 0.5) is 13.2 Å². The second-order valence-corrected chi connectivity index (χ2v) is 5.67. The molecule has 0 fully saturated rings. The molecule has 10 heteroatoms. The van der Waals surface area contributed by atoms with E-state index in [2.05, 4.69) is 14.2 Å². The van der Waals surface area contributed by atoms with Crippen molar-refractivity contribution in [1.29, 1.82) is 0 Å². The number of hydrogen-bond acceptors (Lipinski definition) is 6. The van der Waals surface area contributed by atoms with Crippen LogP contribution in [-0.2, 0) is 19.1 Å². The average molecular weight is 341 g/mol. The third-order valence-electron chi connectivity index (χ3n) is 2.41. The minimum Gasteiger partial charge on any atom is -0.497 e. The summed E-state index contributed by atoms with van der Waals surface area (Å²) in [7, 11) is -1.65. The van der Waals surface area contributed by atoms with Gasteiger partial charge < -0.3 is 9.47 Å². The van der Waals surface area contributed by atoms with E-state index < -0.39 is 27.8 Å². The maximum Gasteiger partial charge on any atom is 0.437 e. The summed E-state index contributed by atoms with van der Waals surface area (Å²) >= 11 is 0. The van der Waals surface area contributed by atoms with Crippen LogP contribution in [0.5, 0.6) is 5.75 Å². The Morgan fingerprint density at radius 2 is 1.77 bits per heavy atom. The predicted octanol–water partition coefficient (Wildman–Crippen LogP) is 1.95. The zero-order valence-corrected chi connectivity index (χ0v) is 12.6. The molecule has 124 valence electrons. The lowest BCUT2D eigenvalue weighted by Crippen LogP contribution is -2.25. The number of hydrogen-bond donors (Lipinski definition) is 0. The third-order valence-corrected chi connectivity index (χ3v) is 3.38. The molecule has 1 aromatic rings. The number of alkyl halides is 3. The molecule has 6 nitrogen and oxygen atoms in total. The SMILES string of the molecule is COCCS(=O)(=O)O/N=C(\c1ccc(OC)cc1)C(F)(F)F. The fraction of sp³-hybridized carbons (Fsp3) is 0.417. The topological polar surface area (TPSA) is 74.2 Å². The number of ether oxygens (including phenoxy) is 2. The van der Waals surface area contributed by atoms with Gasteiger partial charge in [-0.1, -0.05) is 5.16 Å². The third kappa shape index (κ3) is 5.53. The number of methoxy groups -OCH3 is 2. The standard InChI is InChI=1S/C12H14F3NO5S/c1-19-7-8-22(17,18)21-16-11(12(13,14)15)9-3-5-10(20-2)6-4-9/h3-6H,7-8H2,1-2H3/b16-11+. The maximum atomic E-state index is 13.0. The molecular formula is C12H14F3NO5S. The van der Waals surface area contributed by atoms with E-state index in [9.17, 15) is 21.6 Å². The van der Waals surface area contributed by atoms with Gasteiger partial charge in [0.15, 0.2) is 5.71 Å². The Labute approximate surface area is 125 Å². The molecule has 22 heavy (non-hydrogen) atoms. The Morgan fingerprint density at radius 3 is 2.23 bits per heavy atom. The van der Waals surface area contributed by atoms with Crippen molar-refractivity contribution in [2.45, 2.75) is 6.18 Å². The summed E-state index contributed by atoms with van der Waals surface area (Å²) in [6, 6.07) is 4.76. The van der Waals surface area contributed by atoms with Crippen molar-refractivity contribution in [1.82, 2.24) is 0 Å². The average Bonchev–Trinajstić information content (AvgIpc) is 2.44. The van der Waals surface area contributed by atoms with Crippen LogP contribution >= 0.6 is 0 Å². The van der Waals surface area contributed by atoms with E-state index >= 15 is 0 Å². The lowest BCUT2D eigenvalue weighted by Gasteiger charge is -2.10. The highest BCUT2D eigenvalue weighted by molar-refractivity contribution is 7.86. The summed E-state index contributed by atoms with van der Waals surface area (Å²) < 4.78 is 75.0. The fourth-order valence-electron chi connectivity index (χ4n) is 1.33. The van der Waals surface area contributed by atoms with E-state index in [1.807, 2.05) is 0 Å². The molecule has 0 N–H and O–H groups in total. The van der Waals surface area contributed by atoms with E-state index in [1.165, 1.54) is 26.4 Å². The normalized spacial score (nSPS) is 13.0. The lowest BCUT2D eigenvalue weighted by molar-refractivity contribution is -0.0597. The van der Waals surface area contributed by atoms with Crippen LogP contribution in [0, 0.1) is 0 Å². The molecule has 0 bridgehead atoms. The molecule has 0 aromatic heterocycles. The molecule has 0 aliphatic rings. The van der Waals surface area contributed by atoms with Crippen molar-refractivity contribution >= 4 is 15.8 Å². The molecule has 0 aliphatic carbocycles. The van der Waals surface area contributed by atoms with Crippen molar-refractivity contribution in [3.05, 3.63) is 29.8 Å². The minimum atomic E-state index is -4.88. The molecule has 1 rings (SSSR count). The number of benzene rings is 1. The highest BCUT2D eigenvalue weighted by Crippen LogP contribution is 2.24. The predicted molar refractivity (Wildman–Crippen MR) is 72.3 cm³/mol. The van der Waals surface area contributed by atoms with E-state index in [0.717, 1.165) is 12.1 Å². The van der Waals surface area contributed by atoms with E-state index in [1.54, 1.807) is 0 Å². The second kappa shape index (κ2) is 7.45. The summed E-state index contributed by atoms with van der Waals surface area (Å²) in [4.78, 5) is 0. The van der Waals surface area contributed by atoms with Gasteiger partial charge in [0.2, 0.25) is 0 Å². The molecule has 0 aliphatic heterocycles. The Morgan fingerprint density at radius 1 is 1.18 bits per heavy atom. The van der Waals surface area contributed by atoms with Gasteiger partial charge in [0.05, 0.1) is 13.7 Å². The van der Waals surface area contributed by atoms with Crippen molar-refractivity contribution < 1.29 is 35.3 Å². The van der Waals surface area contributed by atoms with Gasteiger partial charge in [-0.3, -0.25) is 4.28 Å². The van der Waals surface area contributed by atoms with Gasteiger partial charge in [0.1, 0.15) is 11.5 Å². The number of rotatable bonds is 7. The summed E-state index contributed by atoms with van der Waals surface area (Å²) in [5, 5.41) is 2.75. The lowest BCUT2D eigenvalue weighted by atomic mass is 10.1. The molecule has 0 amide bonds. The molecule has 0 saturated heterocycles. The van der Waals surface area contributed by atoms with E-state index in [4.69, 9.17) is 4.74 Å². The summed E-state index contributed by atoms with van der Waals surface area (Å²) in [6.07, 6.45) is -4.88. The Balaban J connectivity index is 3.05. The van der Waals surface area contributed by atoms with Crippen molar-refractivity contribution in [3.8, 4) is 5.75 Å². The Bertz CT molecular complexity index is 611. The quantitative estimate of drug-likeness (QED) is 0.560. The zero-order valence-electron chi connectivity index (χ0n) is 11.8. The summed E-state index contributed by atoms with van der Waals surface area (Å²) in [5.41, 5.74) is -1.81. The van der Waals surface area contributed by atoms with Gasteiger partial charge in [0, 0.05) is 12.7 Å². The van der Waals surface area contributed by atoms with Gasteiger partial charge in [-0.05, 0) is 24.3 Å². The first-order chi connectivity index (χ1) is 10.2. The largest absolute Gasteiger partial charge is 0.497 e. The smallest absolute Gasteiger partial charge is 0.437 e.